The van der Waals surface area contributed by atoms with Gasteiger partial charge in [-0.2, -0.15) is 0 Å². The maximum Gasteiger partial charge on any atom is 0.0437 e. The molecule has 3 heteroatoms. The van der Waals surface area contributed by atoms with Gasteiger partial charge in [0.1, 0.15) is 0 Å². The standard InChI is InChI=1S/C4H10O.2C4H10.ClH.Sn/c1-3-5-4-2;2*1-3-4-2;;/h3-4H2,1-2H3;2*3-4H2,1-2H3;1H;/p-1. The predicted octanol–water partition coefficient (Wildman–Crippen LogP) is 1.28. The molecule has 0 unspecified atom stereocenters. The van der Waals surface area contributed by atoms with Gasteiger partial charge in [0, 0.05) is 37.1 Å². The molecule has 0 aromatic rings. The predicted molar refractivity (Wildman–Crippen MR) is 69.1 cm³/mol. The van der Waals surface area contributed by atoms with Crippen molar-refractivity contribution in [1.82, 2.24) is 0 Å². The van der Waals surface area contributed by atoms with E-state index >= 15 is 0 Å². The molecule has 96 valence electrons. The van der Waals surface area contributed by atoms with E-state index in [0.29, 0.717) is 0 Å². The number of hydrogen-bond acceptors (Lipinski definition) is 1. The molecule has 0 atom stereocenters. The second kappa shape index (κ2) is 45.8. The van der Waals surface area contributed by atoms with E-state index in [1.54, 1.807) is 0 Å². The van der Waals surface area contributed by atoms with Crippen molar-refractivity contribution in [3.05, 3.63) is 0 Å². The van der Waals surface area contributed by atoms with Crippen LogP contribution >= 0.6 is 0 Å². The largest absolute Gasteiger partial charge is 1.00 e. The van der Waals surface area contributed by atoms with Crippen LogP contribution in [0.15, 0.2) is 0 Å². The van der Waals surface area contributed by atoms with Crippen LogP contribution in [0.1, 0.15) is 67.2 Å². The van der Waals surface area contributed by atoms with Crippen LogP contribution in [0, 0.1) is 0 Å². The third-order valence-electron chi connectivity index (χ3n) is 1.41. The average molecular weight is 345 g/mol. The summed E-state index contributed by atoms with van der Waals surface area (Å²) < 4.78 is 4.83. The van der Waals surface area contributed by atoms with E-state index in [4.69, 9.17) is 4.74 Å². The van der Waals surface area contributed by atoms with Crippen LogP contribution in [-0.4, -0.2) is 37.1 Å². The Labute approximate surface area is 121 Å². The molecule has 0 aliphatic rings. The minimum Gasteiger partial charge on any atom is -1.00 e. The van der Waals surface area contributed by atoms with Crippen LogP contribution in [0.2, 0.25) is 0 Å². The van der Waals surface area contributed by atoms with E-state index in [1.807, 2.05) is 13.8 Å². The van der Waals surface area contributed by atoms with Gasteiger partial charge in [-0.05, 0) is 13.8 Å². The Morgan fingerprint density at radius 2 is 0.800 bits per heavy atom. The number of rotatable bonds is 4. The molecule has 0 heterocycles. The van der Waals surface area contributed by atoms with Crippen LogP contribution in [0.25, 0.3) is 0 Å². The van der Waals surface area contributed by atoms with Crippen LogP contribution < -0.4 is 12.4 Å². The van der Waals surface area contributed by atoms with Crippen molar-refractivity contribution in [2.45, 2.75) is 67.2 Å². The smallest absolute Gasteiger partial charge is 0.0437 e. The third-order valence-corrected chi connectivity index (χ3v) is 1.41. The monoisotopic (exact) mass is 345 g/mol. The zero-order valence-corrected chi connectivity index (χ0v) is 15.1. The van der Waals surface area contributed by atoms with E-state index < -0.39 is 0 Å². The summed E-state index contributed by atoms with van der Waals surface area (Å²) in [5.74, 6) is 0. The summed E-state index contributed by atoms with van der Waals surface area (Å²) in [7, 11) is 0. The molecule has 0 aliphatic heterocycles. The van der Waals surface area contributed by atoms with Gasteiger partial charge >= 0.3 is 0 Å². The maximum atomic E-state index is 4.83. The molecule has 15 heavy (non-hydrogen) atoms. The van der Waals surface area contributed by atoms with Crippen molar-refractivity contribution in [2.24, 2.45) is 0 Å². The molecule has 0 N–H and O–H groups in total. The Kier molecular flexibility index (Phi) is 91.0. The first kappa shape index (κ1) is 29.8. The minimum absolute atomic E-state index is 0. The molecular formula is C12H30ClOSn-. The summed E-state index contributed by atoms with van der Waals surface area (Å²) in [6.45, 7) is 14.4. The van der Waals surface area contributed by atoms with Gasteiger partial charge in [0.25, 0.3) is 0 Å². The number of ether oxygens (including phenoxy) is 1. The molecule has 0 aliphatic carbocycles. The van der Waals surface area contributed by atoms with E-state index in [0.717, 1.165) is 13.2 Å². The number of halogens is 1. The van der Waals surface area contributed by atoms with Crippen molar-refractivity contribution < 1.29 is 17.1 Å². The summed E-state index contributed by atoms with van der Waals surface area (Å²) in [6, 6.07) is 0. The summed E-state index contributed by atoms with van der Waals surface area (Å²) in [4.78, 5) is 0. The summed E-state index contributed by atoms with van der Waals surface area (Å²) in [5.41, 5.74) is 0. The van der Waals surface area contributed by atoms with Gasteiger partial charge < -0.3 is 17.1 Å². The fraction of sp³-hybridized carbons (Fsp3) is 1.00. The van der Waals surface area contributed by atoms with Gasteiger partial charge in [-0.15, -0.1) is 0 Å². The minimum atomic E-state index is 0. The SMILES string of the molecule is CCCC.CCCC.CCOCC.[Cl-].[Sn]. The Morgan fingerprint density at radius 3 is 0.800 bits per heavy atom. The first-order valence-corrected chi connectivity index (χ1v) is 5.82. The van der Waals surface area contributed by atoms with E-state index in [9.17, 15) is 0 Å². The zero-order valence-electron chi connectivity index (χ0n) is 11.5. The molecule has 0 fully saturated rings. The Balaban J connectivity index is -0.0000000315. The van der Waals surface area contributed by atoms with Crippen molar-refractivity contribution in [3.8, 4) is 0 Å². The quantitative estimate of drug-likeness (QED) is 0.698. The fourth-order valence-electron chi connectivity index (χ4n) is 0.204. The Bertz CT molecular complexity index is 44.9. The number of unbranched alkanes of at least 4 members (excludes halogenated alkanes) is 2. The molecule has 1 nitrogen and oxygen atoms in total. The second-order valence-corrected chi connectivity index (χ2v) is 2.78. The summed E-state index contributed by atoms with van der Waals surface area (Å²) in [5, 5.41) is 0. The third kappa shape index (κ3) is 101. The zero-order chi connectivity index (χ0) is 10.9. The molecule has 0 spiro atoms. The van der Waals surface area contributed by atoms with E-state index in [1.165, 1.54) is 25.7 Å². The average Bonchev–Trinajstić information content (AvgIpc) is 2.20. The summed E-state index contributed by atoms with van der Waals surface area (Å²) >= 11 is 0. The molecule has 0 saturated heterocycles. The normalized spacial score (nSPS) is 6.80. The van der Waals surface area contributed by atoms with Crippen LogP contribution in [-0.2, 0) is 4.74 Å². The molecule has 0 bridgehead atoms. The van der Waals surface area contributed by atoms with Gasteiger partial charge in [-0.3, -0.25) is 0 Å². The van der Waals surface area contributed by atoms with Crippen LogP contribution in [0.4, 0.5) is 0 Å². The molecule has 0 aromatic heterocycles. The molecule has 0 saturated carbocycles. The van der Waals surface area contributed by atoms with Crippen molar-refractivity contribution >= 4 is 23.9 Å². The van der Waals surface area contributed by atoms with Crippen molar-refractivity contribution in [3.63, 3.8) is 0 Å². The Hall–Kier alpha value is 1.05. The molecule has 0 aromatic carbocycles. The van der Waals surface area contributed by atoms with Crippen molar-refractivity contribution in [1.29, 1.82) is 0 Å². The molecule has 4 radical (unpaired) electrons. The first-order chi connectivity index (χ1) is 6.24. The first-order valence-electron chi connectivity index (χ1n) is 5.82. The van der Waals surface area contributed by atoms with Crippen LogP contribution in [0.3, 0.4) is 0 Å². The van der Waals surface area contributed by atoms with Crippen LogP contribution in [0.5, 0.6) is 0 Å². The van der Waals surface area contributed by atoms with Crippen molar-refractivity contribution in [2.75, 3.05) is 13.2 Å². The number of hydrogen-bond donors (Lipinski definition) is 0. The maximum absolute atomic E-state index is 4.83. The van der Waals surface area contributed by atoms with Gasteiger partial charge in [-0.25, -0.2) is 0 Å². The second-order valence-electron chi connectivity index (χ2n) is 2.78. The van der Waals surface area contributed by atoms with Gasteiger partial charge in [0.2, 0.25) is 0 Å². The summed E-state index contributed by atoms with van der Waals surface area (Å²) in [6.07, 6.45) is 5.28. The van der Waals surface area contributed by atoms with Gasteiger partial charge in [0.15, 0.2) is 0 Å². The van der Waals surface area contributed by atoms with Gasteiger partial charge in [-0.1, -0.05) is 53.4 Å². The van der Waals surface area contributed by atoms with E-state index in [-0.39, 0.29) is 36.3 Å². The van der Waals surface area contributed by atoms with Gasteiger partial charge in [0.05, 0.1) is 0 Å². The molecule has 0 amide bonds. The van der Waals surface area contributed by atoms with E-state index in [2.05, 4.69) is 27.7 Å². The Morgan fingerprint density at radius 1 is 0.600 bits per heavy atom. The topological polar surface area (TPSA) is 9.23 Å². The molecular weight excluding hydrogens is 314 g/mol. The molecule has 0 rings (SSSR count). The fourth-order valence-corrected chi connectivity index (χ4v) is 0.204.